The van der Waals surface area contributed by atoms with Crippen LogP contribution in [0, 0.1) is 6.92 Å². The minimum Gasteiger partial charge on any atom is -0.347 e. The van der Waals surface area contributed by atoms with Crippen LogP contribution in [0.5, 0.6) is 0 Å². The molecule has 206 valence electrons. The summed E-state index contributed by atoms with van der Waals surface area (Å²) < 4.78 is 27.5. The third-order valence-electron chi connectivity index (χ3n) is 6.52. The number of aryl methyl sites for hydroxylation is 1. The molecule has 39 heavy (non-hydrogen) atoms. The van der Waals surface area contributed by atoms with E-state index in [0.29, 0.717) is 54.4 Å². The summed E-state index contributed by atoms with van der Waals surface area (Å²) in [5, 5.41) is 5.78. The standard InChI is InChI=1S/C30H36N4O4S/c1-22-9-15-25(16-10-22)39(37,38)34-19-17-33(18-20-34)21-23-11-13-24(14-12-23)28(35)31-27-8-6-5-7-26(27)29(36)32-30(2,3)4/h5-16H,17-21H2,1-4H3,(H,31,35)(H,32,36). The van der Waals surface area contributed by atoms with Crippen molar-refractivity contribution >= 4 is 27.5 Å². The van der Waals surface area contributed by atoms with Crippen LogP contribution in [0.2, 0.25) is 0 Å². The predicted octanol–water partition coefficient (Wildman–Crippen LogP) is 4.28. The van der Waals surface area contributed by atoms with Gasteiger partial charge in [0.2, 0.25) is 10.0 Å². The second-order valence-corrected chi connectivity index (χ2v) is 12.8. The molecule has 0 unspecified atom stereocenters. The molecule has 2 amide bonds. The Labute approximate surface area is 231 Å². The molecule has 1 aliphatic heterocycles. The number of benzene rings is 3. The van der Waals surface area contributed by atoms with Gasteiger partial charge in [-0.3, -0.25) is 14.5 Å². The molecule has 0 saturated carbocycles. The fourth-order valence-corrected chi connectivity index (χ4v) is 5.82. The number of hydrogen-bond donors (Lipinski definition) is 2. The molecule has 1 saturated heterocycles. The fourth-order valence-electron chi connectivity index (χ4n) is 4.40. The van der Waals surface area contributed by atoms with Gasteiger partial charge >= 0.3 is 0 Å². The number of amides is 2. The molecule has 4 rings (SSSR count). The van der Waals surface area contributed by atoms with Gasteiger partial charge in [-0.25, -0.2) is 8.42 Å². The molecule has 1 aliphatic rings. The molecule has 2 N–H and O–H groups in total. The summed E-state index contributed by atoms with van der Waals surface area (Å²) in [4.78, 5) is 28.1. The zero-order chi connectivity index (χ0) is 28.2. The maximum atomic E-state index is 13.0. The third kappa shape index (κ3) is 7.32. The van der Waals surface area contributed by atoms with Gasteiger partial charge in [0.05, 0.1) is 16.1 Å². The lowest BCUT2D eigenvalue weighted by Crippen LogP contribution is -2.48. The zero-order valence-electron chi connectivity index (χ0n) is 22.9. The number of sulfonamides is 1. The Morgan fingerprint density at radius 3 is 2.05 bits per heavy atom. The maximum Gasteiger partial charge on any atom is 0.255 e. The molecule has 8 nitrogen and oxygen atoms in total. The lowest BCUT2D eigenvalue weighted by Gasteiger charge is -2.34. The van der Waals surface area contributed by atoms with E-state index in [1.165, 1.54) is 0 Å². The minimum atomic E-state index is -3.50. The first kappa shape index (κ1) is 28.5. The highest BCUT2D eigenvalue weighted by Crippen LogP contribution is 2.20. The van der Waals surface area contributed by atoms with Gasteiger partial charge in [0.25, 0.3) is 11.8 Å². The van der Waals surface area contributed by atoms with Crippen molar-refractivity contribution in [3.63, 3.8) is 0 Å². The highest BCUT2D eigenvalue weighted by molar-refractivity contribution is 7.89. The van der Waals surface area contributed by atoms with Crippen LogP contribution in [0.25, 0.3) is 0 Å². The second-order valence-electron chi connectivity index (χ2n) is 10.9. The van der Waals surface area contributed by atoms with Crippen molar-refractivity contribution in [2.24, 2.45) is 0 Å². The highest BCUT2D eigenvalue weighted by atomic mass is 32.2. The number of nitrogens with one attached hydrogen (secondary N) is 2. The number of nitrogens with zero attached hydrogens (tertiary/aromatic N) is 2. The van der Waals surface area contributed by atoms with Gasteiger partial charge in [-0.1, -0.05) is 42.0 Å². The van der Waals surface area contributed by atoms with Crippen molar-refractivity contribution in [2.75, 3.05) is 31.5 Å². The average molecular weight is 549 g/mol. The molecule has 0 spiro atoms. The van der Waals surface area contributed by atoms with Crippen molar-refractivity contribution in [1.82, 2.24) is 14.5 Å². The van der Waals surface area contributed by atoms with E-state index < -0.39 is 15.6 Å². The molecular formula is C30H36N4O4S. The minimum absolute atomic E-state index is 0.250. The Balaban J connectivity index is 1.33. The molecular weight excluding hydrogens is 512 g/mol. The largest absolute Gasteiger partial charge is 0.347 e. The molecule has 9 heteroatoms. The number of hydrogen-bond acceptors (Lipinski definition) is 5. The van der Waals surface area contributed by atoms with Gasteiger partial charge in [-0.15, -0.1) is 0 Å². The van der Waals surface area contributed by atoms with Crippen molar-refractivity contribution in [2.45, 2.75) is 44.7 Å². The van der Waals surface area contributed by atoms with E-state index in [4.69, 9.17) is 0 Å². The van der Waals surface area contributed by atoms with Gasteiger partial charge in [0, 0.05) is 43.8 Å². The van der Waals surface area contributed by atoms with E-state index in [1.807, 2.05) is 52.0 Å². The molecule has 3 aromatic rings. The number of anilines is 1. The van der Waals surface area contributed by atoms with Crippen LogP contribution in [0.4, 0.5) is 5.69 Å². The summed E-state index contributed by atoms with van der Waals surface area (Å²) in [6, 6.07) is 21.2. The fraction of sp³-hybridized carbons (Fsp3) is 0.333. The van der Waals surface area contributed by atoms with E-state index in [2.05, 4.69) is 15.5 Å². The first-order chi connectivity index (χ1) is 18.4. The van der Waals surface area contributed by atoms with Crippen molar-refractivity contribution in [3.8, 4) is 0 Å². The summed E-state index contributed by atoms with van der Waals surface area (Å²) >= 11 is 0. The van der Waals surface area contributed by atoms with Crippen LogP contribution >= 0.6 is 0 Å². The van der Waals surface area contributed by atoms with Crippen LogP contribution in [-0.2, 0) is 16.6 Å². The summed E-state index contributed by atoms with van der Waals surface area (Å²) in [5.74, 6) is -0.548. The lowest BCUT2D eigenvalue weighted by molar-refractivity contribution is 0.0920. The van der Waals surface area contributed by atoms with Crippen molar-refractivity contribution < 1.29 is 18.0 Å². The smallest absolute Gasteiger partial charge is 0.255 e. The second kappa shape index (κ2) is 11.7. The van der Waals surface area contributed by atoms with Crippen LogP contribution in [0.15, 0.2) is 77.7 Å². The Morgan fingerprint density at radius 1 is 0.821 bits per heavy atom. The van der Waals surface area contributed by atoms with E-state index in [9.17, 15) is 18.0 Å². The molecule has 0 aromatic heterocycles. The Kier molecular flexibility index (Phi) is 8.54. The maximum absolute atomic E-state index is 13.0. The van der Waals surface area contributed by atoms with Crippen molar-refractivity contribution in [1.29, 1.82) is 0 Å². The van der Waals surface area contributed by atoms with E-state index >= 15 is 0 Å². The van der Waals surface area contributed by atoms with Gasteiger partial charge in [-0.2, -0.15) is 4.31 Å². The Morgan fingerprint density at radius 2 is 1.44 bits per heavy atom. The van der Waals surface area contributed by atoms with Gasteiger partial charge < -0.3 is 10.6 Å². The topological polar surface area (TPSA) is 98.8 Å². The summed E-state index contributed by atoms with van der Waals surface area (Å²) in [6.07, 6.45) is 0. The third-order valence-corrected chi connectivity index (χ3v) is 8.43. The number of para-hydroxylation sites is 1. The molecule has 3 aromatic carbocycles. The summed E-state index contributed by atoms with van der Waals surface area (Å²) in [7, 11) is -3.50. The normalized spacial score (nSPS) is 15.1. The molecule has 1 heterocycles. The van der Waals surface area contributed by atoms with Crippen molar-refractivity contribution in [3.05, 3.63) is 95.1 Å². The van der Waals surface area contributed by atoms with Crippen LogP contribution in [-0.4, -0.2) is 61.2 Å². The number of carbonyl (C=O) groups excluding carboxylic acids is 2. The van der Waals surface area contributed by atoms with E-state index in [0.717, 1.165) is 11.1 Å². The van der Waals surface area contributed by atoms with Crippen LogP contribution in [0.3, 0.4) is 0 Å². The lowest BCUT2D eigenvalue weighted by atomic mass is 10.1. The monoisotopic (exact) mass is 548 g/mol. The SMILES string of the molecule is Cc1ccc(S(=O)(=O)N2CCN(Cc3ccc(C(=O)Nc4ccccc4C(=O)NC(C)(C)C)cc3)CC2)cc1. The summed E-state index contributed by atoms with van der Waals surface area (Å²) in [6.45, 7) is 10.4. The quantitative estimate of drug-likeness (QED) is 0.459. The zero-order valence-corrected chi connectivity index (χ0v) is 23.7. The molecule has 1 fully saturated rings. The Bertz CT molecular complexity index is 1420. The number of piperazine rings is 1. The number of rotatable bonds is 7. The van der Waals surface area contributed by atoms with E-state index in [1.54, 1.807) is 52.8 Å². The summed E-state index contributed by atoms with van der Waals surface area (Å²) in [5.41, 5.74) is 3.00. The average Bonchev–Trinajstić information content (AvgIpc) is 2.89. The number of carbonyl (C=O) groups is 2. The van der Waals surface area contributed by atoms with Crippen LogP contribution < -0.4 is 10.6 Å². The highest BCUT2D eigenvalue weighted by Gasteiger charge is 2.28. The molecule has 0 radical (unpaired) electrons. The molecule has 0 atom stereocenters. The predicted molar refractivity (Wildman–Crippen MR) is 153 cm³/mol. The van der Waals surface area contributed by atoms with E-state index in [-0.39, 0.29) is 11.8 Å². The van der Waals surface area contributed by atoms with Gasteiger partial charge in [0.1, 0.15) is 0 Å². The molecule has 0 aliphatic carbocycles. The first-order valence-electron chi connectivity index (χ1n) is 13.0. The Hall–Kier alpha value is -3.53. The van der Waals surface area contributed by atoms with Gasteiger partial charge in [-0.05, 0) is 69.7 Å². The van der Waals surface area contributed by atoms with Gasteiger partial charge in [0.15, 0.2) is 0 Å². The first-order valence-corrected chi connectivity index (χ1v) is 14.5. The molecule has 0 bridgehead atoms. The van der Waals surface area contributed by atoms with Crippen LogP contribution in [0.1, 0.15) is 52.6 Å².